The number of thioether (sulfide) groups is 1. The molecule has 0 radical (unpaired) electrons. The molecule has 0 unspecified atom stereocenters. The Morgan fingerprint density at radius 1 is 1.18 bits per heavy atom. The molecular weight excluding hydrogens is 312 g/mol. The van der Waals surface area contributed by atoms with Crippen molar-refractivity contribution in [3.05, 3.63) is 64.8 Å². The molecule has 0 N–H and O–H groups in total. The van der Waals surface area contributed by atoms with Gasteiger partial charge in [-0.2, -0.15) is 0 Å². The van der Waals surface area contributed by atoms with Gasteiger partial charge in [0.25, 0.3) is 5.91 Å². The largest absolute Gasteiger partial charge is 0.351 e. The summed E-state index contributed by atoms with van der Waals surface area (Å²) in [5.41, 5.74) is 2.08. The van der Waals surface area contributed by atoms with Crippen molar-refractivity contribution in [3.8, 4) is 0 Å². The molecule has 1 saturated heterocycles. The molecule has 1 aliphatic heterocycles. The maximum Gasteiger partial charge on any atom is 0.266 e. The molecule has 0 bridgehead atoms. The molecule has 1 fully saturated rings. The van der Waals surface area contributed by atoms with Gasteiger partial charge in [-0.3, -0.25) is 9.69 Å². The summed E-state index contributed by atoms with van der Waals surface area (Å²) in [5.74, 6) is -0.0208. The molecule has 3 nitrogen and oxygen atoms in total. The van der Waals surface area contributed by atoms with Crippen molar-refractivity contribution in [2.24, 2.45) is 7.05 Å². The smallest absolute Gasteiger partial charge is 0.266 e. The lowest BCUT2D eigenvalue weighted by molar-refractivity contribution is -0.123. The van der Waals surface area contributed by atoms with Crippen molar-refractivity contribution in [1.82, 2.24) is 9.47 Å². The van der Waals surface area contributed by atoms with E-state index in [0.717, 1.165) is 11.3 Å². The van der Waals surface area contributed by atoms with Crippen LogP contribution in [0.3, 0.4) is 0 Å². The Labute approximate surface area is 139 Å². The van der Waals surface area contributed by atoms with E-state index in [4.69, 9.17) is 12.2 Å². The van der Waals surface area contributed by atoms with Crippen molar-refractivity contribution in [2.75, 3.05) is 0 Å². The molecule has 112 valence electrons. The maximum atomic E-state index is 12.7. The molecule has 1 aromatic heterocycles. The summed E-state index contributed by atoms with van der Waals surface area (Å²) < 4.78 is 2.59. The Morgan fingerprint density at radius 2 is 1.91 bits per heavy atom. The number of benzene rings is 1. The van der Waals surface area contributed by atoms with Crippen LogP contribution in [0.5, 0.6) is 0 Å². The summed E-state index contributed by atoms with van der Waals surface area (Å²) in [5, 5.41) is 0. The number of carbonyl (C=O) groups excluding carboxylic acids is 1. The van der Waals surface area contributed by atoms with Crippen molar-refractivity contribution < 1.29 is 4.79 Å². The number of hydrogen-bond acceptors (Lipinski definition) is 3. The minimum atomic E-state index is -0.0620. The van der Waals surface area contributed by atoms with Gasteiger partial charge in [-0.25, -0.2) is 0 Å². The second-order valence-corrected chi connectivity index (χ2v) is 6.86. The lowest BCUT2D eigenvalue weighted by Gasteiger charge is -2.23. The number of amides is 1. The first-order valence-corrected chi connectivity index (χ1v) is 8.24. The number of nitrogens with zero attached hydrogens (tertiary/aromatic N) is 2. The fourth-order valence-corrected chi connectivity index (χ4v) is 3.86. The van der Waals surface area contributed by atoms with E-state index in [0.29, 0.717) is 9.23 Å². The van der Waals surface area contributed by atoms with Gasteiger partial charge in [-0.05, 0) is 30.7 Å². The molecular formula is C17H16N2OS2. The second kappa shape index (κ2) is 6.10. The molecule has 1 aromatic carbocycles. The average molecular weight is 328 g/mol. The first-order valence-electron chi connectivity index (χ1n) is 7.01. The molecule has 2 aromatic rings. The van der Waals surface area contributed by atoms with E-state index in [9.17, 15) is 4.79 Å². The van der Waals surface area contributed by atoms with E-state index in [1.54, 1.807) is 4.90 Å². The van der Waals surface area contributed by atoms with Gasteiger partial charge in [0.15, 0.2) is 0 Å². The highest BCUT2D eigenvalue weighted by molar-refractivity contribution is 8.26. The van der Waals surface area contributed by atoms with E-state index < -0.39 is 0 Å². The van der Waals surface area contributed by atoms with Gasteiger partial charge < -0.3 is 4.57 Å². The van der Waals surface area contributed by atoms with Crippen LogP contribution in [0.25, 0.3) is 6.08 Å². The van der Waals surface area contributed by atoms with Crippen LogP contribution in [0.15, 0.2) is 53.6 Å². The van der Waals surface area contributed by atoms with Crippen molar-refractivity contribution in [1.29, 1.82) is 0 Å². The van der Waals surface area contributed by atoms with E-state index in [-0.39, 0.29) is 11.9 Å². The quantitative estimate of drug-likeness (QED) is 0.629. The zero-order valence-electron chi connectivity index (χ0n) is 12.4. The Balaban J connectivity index is 1.89. The standard InChI is InChI=1S/C17H16N2OS2/c1-12(13-7-4-3-5-8-13)19-16(20)15(22-17(19)21)11-14-9-6-10-18(14)2/h3-12H,1-2H3/b15-11-/t12-/m0/s1. The summed E-state index contributed by atoms with van der Waals surface area (Å²) in [4.78, 5) is 15.1. The monoisotopic (exact) mass is 328 g/mol. The van der Waals surface area contributed by atoms with E-state index in [2.05, 4.69) is 0 Å². The Morgan fingerprint density at radius 3 is 2.55 bits per heavy atom. The van der Waals surface area contributed by atoms with E-state index >= 15 is 0 Å². The molecule has 22 heavy (non-hydrogen) atoms. The maximum absolute atomic E-state index is 12.7. The zero-order valence-corrected chi connectivity index (χ0v) is 14.0. The minimum absolute atomic E-state index is 0.0208. The molecule has 0 aliphatic carbocycles. The summed E-state index contributed by atoms with van der Waals surface area (Å²) in [6, 6.07) is 13.8. The van der Waals surface area contributed by atoms with Crippen molar-refractivity contribution in [2.45, 2.75) is 13.0 Å². The van der Waals surface area contributed by atoms with Gasteiger partial charge >= 0.3 is 0 Å². The van der Waals surface area contributed by atoms with Gasteiger partial charge in [-0.1, -0.05) is 54.3 Å². The highest BCUT2D eigenvalue weighted by Gasteiger charge is 2.35. The van der Waals surface area contributed by atoms with Crippen LogP contribution in [0.4, 0.5) is 0 Å². The lowest BCUT2D eigenvalue weighted by Crippen LogP contribution is -2.30. The van der Waals surface area contributed by atoms with Crippen LogP contribution in [0, 0.1) is 0 Å². The van der Waals surface area contributed by atoms with Gasteiger partial charge in [-0.15, -0.1) is 0 Å². The van der Waals surface area contributed by atoms with Crippen molar-refractivity contribution >= 4 is 40.3 Å². The number of carbonyl (C=O) groups is 1. The van der Waals surface area contributed by atoms with Crippen LogP contribution in [0.1, 0.15) is 24.2 Å². The first kappa shape index (κ1) is 15.1. The highest BCUT2D eigenvalue weighted by atomic mass is 32.2. The molecule has 3 rings (SSSR count). The highest BCUT2D eigenvalue weighted by Crippen LogP contribution is 2.37. The summed E-state index contributed by atoms with van der Waals surface area (Å²) in [6.45, 7) is 2.01. The Bertz CT molecular complexity index is 749. The summed E-state index contributed by atoms with van der Waals surface area (Å²) in [6.07, 6.45) is 3.86. The predicted molar refractivity (Wildman–Crippen MR) is 95.3 cm³/mol. The summed E-state index contributed by atoms with van der Waals surface area (Å²) in [7, 11) is 1.96. The topological polar surface area (TPSA) is 25.2 Å². The number of aryl methyl sites for hydroxylation is 1. The van der Waals surface area contributed by atoms with Crippen LogP contribution < -0.4 is 0 Å². The van der Waals surface area contributed by atoms with Crippen molar-refractivity contribution in [3.63, 3.8) is 0 Å². The Hall–Kier alpha value is -1.85. The average Bonchev–Trinajstić information content (AvgIpc) is 3.04. The number of hydrogen-bond donors (Lipinski definition) is 0. The molecule has 2 heterocycles. The van der Waals surface area contributed by atoms with Gasteiger partial charge in [0, 0.05) is 18.9 Å². The number of thiocarbonyl (C=S) groups is 1. The van der Waals surface area contributed by atoms with Crippen LogP contribution in [-0.2, 0) is 11.8 Å². The zero-order chi connectivity index (χ0) is 15.7. The second-order valence-electron chi connectivity index (χ2n) is 5.18. The Kier molecular flexibility index (Phi) is 4.18. The van der Waals surface area contributed by atoms with Gasteiger partial charge in [0.1, 0.15) is 4.32 Å². The normalized spacial score (nSPS) is 18.3. The van der Waals surface area contributed by atoms with Gasteiger partial charge in [0.2, 0.25) is 0 Å². The third kappa shape index (κ3) is 2.74. The first-order chi connectivity index (χ1) is 10.6. The number of rotatable bonds is 3. The molecule has 0 spiro atoms. The molecule has 1 amide bonds. The minimum Gasteiger partial charge on any atom is -0.351 e. The molecule has 1 aliphatic rings. The fraction of sp³-hybridized carbons (Fsp3) is 0.176. The molecule has 5 heteroatoms. The summed E-state index contributed by atoms with van der Waals surface area (Å²) >= 11 is 6.79. The van der Waals surface area contributed by atoms with E-state index in [1.165, 1.54) is 11.8 Å². The fourth-order valence-electron chi connectivity index (χ4n) is 2.45. The SMILES string of the molecule is C[C@@H](c1ccccc1)N1C(=O)/C(=C/c2cccn2C)SC1=S. The lowest BCUT2D eigenvalue weighted by atomic mass is 10.1. The van der Waals surface area contributed by atoms with Crippen LogP contribution in [-0.4, -0.2) is 19.7 Å². The van der Waals surface area contributed by atoms with Crippen LogP contribution in [0.2, 0.25) is 0 Å². The number of aromatic nitrogens is 1. The molecule has 1 atom stereocenters. The van der Waals surface area contributed by atoms with Gasteiger partial charge in [0.05, 0.1) is 10.9 Å². The van der Waals surface area contributed by atoms with Crippen LogP contribution >= 0.6 is 24.0 Å². The molecule has 0 saturated carbocycles. The predicted octanol–water partition coefficient (Wildman–Crippen LogP) is 3.99. The van der Waals surface area contributed by atoms with E-state index in [1.807, 2.05) is 73.3 Å². The third-order valence-electron chi connectivity index (χ3n) is 3.76. The third-order valence-corrected chi connectivity index (χ3v) is 5.09.